The maximum absolute atomic E-state index is 10.4. The third-order valence-electron chi connectivity index (χ3n) is 1.27. The first-order chi connectivity index (χ1) is 4.72. The zero-order valence-electron chi connectivity index (χ0n) is 6.13. The number of hydrogen-bond acceptors (Lipinski definition) is 2. The molecule has 1 amide bonds. The highest BCUT2D eigenvalue weighted by Gasteiger charge is 2.02. The Bertz CT molecular complexity index is 141. The maximum atomic E-state index is 10.4. The molecule has 58 valence electrons. The van der Waals surface area contributed by atoms with Crippen LogP contribution in [0.4, 0.5) is 0 Å². The van der Waals surface area contributed by atoms with Gasteiger partial charge in [0, 0.05) is 0 Å². The molecule has 0 radical (unpaired) electrons. The Labute approximate surface area is 60.5 Å². The van der Waals surface area contributed by atoms with E-state index in [-0.39, 0.29) is 0 Å². The minimum atomic E-state index is -0.532. The van der Waals surface area contributed by atoms with Crippen LogP contribution in [0, 0.1) is 0 Å². The molecule has 0 aromatic heterocycles. The van der Waals surface area contributed by atoms with Crippen molar-refractivity contribution in [3.63, 3.8) is 0 Å². The number of aliphatic hydroxyl groups is 1. The van der Waals surface area contributed by atoms with Gasteiger partial charge >= 0.3 is 0 Å². The molecule has 0 aromatic rings. The van der Waals surface area contributed by atoms with Gasteiger partial charge in [-0.25, -0.2) is 0 Å². The second-order valence-electron chi connectivity index (χ2n) is 2.12. The molecule has 0 saturated carbocycles. The number of aliphatic hydroxyl groups excluding tert-OH is 1. The molecule has 0 fully saturated rings. The van der Waals surface area contributed by atoms with Gasteiger partial charge < -0.3 is 10.8 Å². The Balaban J connectivity index is 3.74. The van der Waals surface area contributed by atoms with Crippen molar-refractivity contribution in [1.29, 1.82) is 0 Å². The molecule has 0 unspecified atom stereocenters. The van der Waals surface area contributed by atoms with Crippen molar-refractivity contribution in [2.45, 2.75) is 26.2 Å². The molecule has 0 saturated heterocycles. The molecule has 0 atom stereocenters. The predicted molar refractivity (Wildman–Crippen MR) is 39.4 cm³/mol. The van der Waals surface area contributed by atoms with Crippen LogP contribution in [0.2, 0.25) is 0 Å². The number of primary amides is 1. The summed E-state index contributed by atoms with van der Waals surface area (Å²) in [4.78, 5) is 10.4. The van der Waals surface area contributed by atoms with Crippen LogP contribution in [0.25, 0.3) is 0 Å². The van der Waals surface area contributed by atoms with Crippen LogP contribution in [0.15, 0.2) is 11.8 Å². The maximum Gasteiger partial charge on any atom is 0.247 e. The molecule has 0 spiro atoms. The fourth-order valence-electron chi connectivity index (χ4n) is 0.619. The van der Waals surface area contributed by atoms with Crippen LogP contribution in [-0.2, 0) is 4.79 Å². The van der Waals surface area contributed by atoms with Gasteiger partial charge in [0.1, 0.15) is 0 Å². The van der Waals surface area contributed by atoms with Crippen LogP contribution in [0.3, 0.4) is 0 Å². The summed E-state index contributed by atoms with van der Waals surface area (Å²) in [6.07, 6.45) is 3.24. The van der Waals surface area contributed by atoms with E-state index in [1.807, 2.05) is 6.92 Å². The summed E-state index contributed by atoms with van der Waals surface area (Å²) in [5.74, 6) is -0.532. The zero-order valence-corrected chi connectivity index (χ0v) is 6.13. The van der Waals surface area contributed by atoms with Gasteiger partial charge in [-0.05, 0) is 12.8 Å². The van der Waals surface area contributed by atoms with E-state index in [4.69, 9.17) is 10.8 Å². The molecular formula is C7H13NO2. The minimum Gasteiger partial charge on any atom is -0.515 e. The average molecular weight is 143 g/mol. The van der Waals surface area contributed by atoms with Gasteiger partial charge in [0.15, 0.2) is 0 Å². The lowest BCUT2D eigenvalue weighted by atomic mass is 10.1. The highest BCUT2D eigenvalue weighted by atomic mass is 16.2. The van der Waals surface area contributed by atoms with Crippen molar-refractivity contribution in [2.24, 2.45) is 5.73 Å². The van der Waals surface area contributed by atoms with Gasteiger partial charge in [-0.1, -0.05) is 13.3 Å². The largest absolute Gasteiger partial charge is 0.515 e. The van der Waals surface area contributed by atoms with Crippen molar-refractivity contribution in [1.82, 2.24) is 0 Å². The molecule has 3 nitrogen and oxygen atoms in total. The van der Waals surface area contributed by atoms with E-state index in [2.05, 4.69) is 0 Å². The Morgan fingerprint density at radius 1 is 1.70 bits per heavy atom. The lowest BCUT2D eigenvalue weighted by Crippen LogP contribution is -2.13. The normalized spacial score (nSPS) is 11.5. The first kappa shape index (κ1) is 9.01. The van der Waals surface area contributed by atoms with Crippen LogP contribution < -0.4 is 5.73 Å². The standard InChI is InChI=1S/C7H13NO2/c1-2-3-4-6(5-9)7(8)10/h5,9H,2-4H2,1H3,(H2,8,10). The molecule has 0 bridgehead atoms. The van der Waals surface area contributed by atoms with Crippen molar-refractivity contribution >= 4 is 5.91 Å². The van der Waals surface area contributed by atoms with Crippen LogP contribution >= 0.6 is 0 Å². The van der Waals surface area contributed by atoms with E-state index in [1.165, 1.54) is 0 Å². The lowest BCUT2D eigenvalue weighted by Gasteiger charge is -1.97. The van der Waals surface area contributed by atoms with Gasteiger partial charge in [0.25, 0.3) is 0 Å². The number of hydrogen-bond donors (Lipinski definition) is 2. The summed E-state index contributed by atoms with van der Waals surface area (Å²) < 4.78 is 0. The SMILES string of the molecule is CCCCC(=CO)C(N)=O. The third kappa shape index (κ3) is 3.12. The van der Waals surface area contributed by atoms with Gasteiger partial charge in [-0.15, -0.1) is 0 Å². The number of rotatable bonds is 4. The van der Waals surface area contributed by atoms with Gasteiger partial charge in [-0.2, -0.15) is 0 Å². The Morgan fingerprint density at radius 2 is 2.30 bits per heavy atom. The Kier molecular flexibility index (Phi) is 4.37. The van der Waals surface area contributed by atoms with Crippen molar-refractivity contribution in [3.05, 3.63) is 11.8 Å². The second kappa shape index (κ2) is 4.85. The molecule has 3 heteroatoms. The fraction of sp³-hybridized carbons (Fsp3) is 0.571. The summed E-state index contributed by atoms with van der Waals surface area (Å²) in [6, 6.07) is 0. The molecule has 0 aliphatic heterocycles. The Hall–Kier alpha value is -0.990. The van der Waals surface area contributed by atoms with Crippen LogP contribution in [-0.4, -0.2) is 11.0 Å². The van der Waals surface area contributed by atoms with Crippen molar-refractivity contribution in [2.75, 3.05) is 0 Å². The summed E-state index contributed by atoms with van der Waals surface area (Å²) in [5.41, 5.74) is 5.23. The molecule has 0 rings (SSSR count). The lowest BCUT2D eigenvalue weighted by molar-refractivity contribution is -0.114. The van der Waals surface area contributed by atoms with E-state index in [0.29, 0.717) is 12.0 Å². The molecule has 0 aromatic carbocycles. The molecule has 10 heavy (non-hydrogen) atoms. The molecule has 0 aliphatic rings. The number of amides is 1. The number of carbonyl (C=O) groups is 1. The van der Waals surface area contributed by atoms with E-state index >= 15 is 0 Å². The quantitative estimate of drug-likeness (QED) is 0.457. The van der Waals surface area contributed by atoms with Crippen LogP contribution in [0.5, 0.6) is 0 Å². The van der Waals surface area contributed by atoms with Crippen molar-refractivity contribution in [3.8, 4) is 0 Å². The van der Waals surface area contributed by atoms with Gasteiger partial charge in [0.2, 0.25) is 5.91 Å². The smallest absolute Gasteiger partial charge is 0.247 e. The molecule has 0 aliphatic carbocycles. The summed E-state index contributed by atoms with van der Waals surface area (Å²) in [5, 5.41) is 8.46. The fourth-order valence-corrected chi connectivity index (χ4v) is 0.619. The highest BCUT2D eigenvalue weighted by molar-refractivity contribution is 5.91. The highest BCUT2D eigenvalue weighted by Crippen LogP contribution is 2.04. The molecule has 0 heterocycles. The topological polar surface area (TPSA) is 63.3 Å². The monoisotopic (exact) mass is 143 g/mol. The first-order valence-corrected chi connectivity index (χ1v) is 3.35. The van der Waals surface area contributed by atoms with Gasteiger partial charge in [0.05, 0.1) is 11.8 Å². The van der Waals surface area contributed by atoms with E-state index < -0.39 is 5.91 Å². The second-order valence-corrected chi connectivity index (χ2v) is 2.12. The van der Waals surface area contributed by atoms with E-state index in [1.54, 1.807) is 0 Å². The predicted octanol–water partition coefficient (Wildman–Crippen LogP) is 1.10. The van der Waals surface area contributed by atoms with Crippen LogP contribution in [0.1, 0.15) is 26.2 Å². The average Bonchev–Trinajstić information content (AvgIpc) is 1.89. The Morgan fingerprint density at radius 3 is 2.60 bits per heavy atom. The zero-order chi connectivity index (χ0) is 7.98. The number of nitrogens with two attached hydrogens (primary N) is 1. The van der Waals surface area contributed by atoms with E-state index in [9.17, 15) is 4.79 Å². The number of unbranched alkanes of at least 4 members (excludes halogenated alkanes) is 1. The summed E-state index contributed by atoms with van der Waals surface area (Å²) in [7, 11) is 0. The minimum absolute atomic E-state index is 0.307. The molecule has 3 N–H and O–H groups in total. The van der Waals surface area contributed by atoms with Crippen molar-refractivity contribution < 1.29 is 9.90 Å². The van der Waals surface area contributed by atoms with Gasteiger partial charge in [-0.3, -0.25) is 4.79 Å². The summed E-state index contributed by atoms with van der Waals surface area (Å²) in [6.45, 7) is 2.01. The van der Waals surface area contributed by atoms with E-state index in [0.717, 1.165) is 19.1 Å². The third-order valence-corrected chi connectivity index (χ3v) is 1.27. The molecular weight excluding hydrogens is 130 g/mol. The first-order valence-electron chi connectivity index (χ1n) is 3.35. The number of carbonyl (C=O) groups excluding carboxylic acids is 1. The summed E-state index contributed by atoms with van der Waals surface area (Å²) >= 11 is 0.